The lowest BCUT2D eigenvalue weighted by Gasteiger charge is -2.27. The lowest BCUT2D eigenvalue weighted by Crippen LogP contribution is -2.42. The minimum absolute atomic E-state index is 0.156. The van der Waals surface area contributed by atoms with Gasteiger partial charge < -0.3 is 10.1 Å². The maximum atomic E-state index is 14.3. The van der Waals surface area contributed by atoms with E-state index in [1.54, 1.807) is 12.1 Å². The molecule has 0 amide bonds. The fourth-order valence-corrected chi connectivity index (χ4v) is 4.22. The fourth-order valence-electron chi connectivity index (χ4n) is 3.64. The minimum Gasteiger partial charge on any atom is -0.465 e. The molecule has 1 fully saturated rings. The van der Waals surface area contributed by atoms with E-state index in [0.29, 0.717) is 30.6 Å². The van der Waals surface area contributed by atoms with Gasteiger partial charge in [-0.2, -0.15) is 0 Å². The van der Waals surface area contributed by atoms with Crippen LogP contribution in [0, 0.1) is 5.82 Å². The summed E-state index contributed by atoms with van der Waals surface area (Å²) >= 11 is -2.19. The van der Waals surface area contributed by atoms with Crippen LogP contribution in [0.4, 0.5) is 10.1 Å². The molecule has 0 aliphatic carbocycles. The van der Waals surface area contributed by atoms with Gasteiger partial charge in [0.25, 0.3) is 11.3 Å². The summed E-state index contributed by atoms with van der Waals surface area (Å²) in [6.07, 6.45) is 0.851. The number of nitrogens with zero attached hydrogens (tertiary/aromatic N) is 2. The molecule has 2 N–H and O–H groups in total. The number of halogens is 1. The van der Waals surface area contributed by atoms with Crippen molar-refractivity contribution in [3.63, 3.8) is 0 Å². The van der Waals surface area contributed by atoms with Crippen LogP contribution in [0.1, 0.15) is 27.9 Å². The number of hydrogen-bond donors (Lipinski definition) is 2. The van der Waals surface area contributed by atoms with E-state index in [-0.39, 0.29) is 5.56 Å². The summed E-state index contributed by atoms with van der Waals surface area (Å²) in [5.74, 6) is -1.08. The Bertz CT molecular complexity index is 921. The van der Waals surface area contributed by atoms with Gasteiger partial charge in [-0.15, -0.1) is 0 Å². The molecule has 168 valence electrons. The van der Waals surface area contributed by atoms with Gasteiger partial charge in [0.05, 0.1) is 18.4 Å². The van der Waals surface area contributed by atoms with Gasteiger partial charge in [-0.3, -0.25) is 13.8 Å². The minimum atomic E-state index is -2.19. The molecule has 3 rings (SSSR count). The number of anilines is 1. The Labute approximate surface area is 184 Å². The lowest BCUT2D eigenvalue weighted by atomic mass is 10.1. The quantitative estimate of drug-likeness (QED) is 0.452. The van der Waals surface area contributed by atoms with E-state index in [4.69, 9.17) is 0 Å². The molecule has 0 bridgehead atoms. The van der Waals surface area contributed by atoms with Crippen LogP contribution in [0.15, 0.2) is 42.5 Å². The molecule has 0 aromatic heterocycles. The first-order valence-electron chi connectivity index (χ1n) is 10.2. The van der Waals surface area contributed by atoms with Gasteiger partial charge in [-0.25, -0.2) is 13.4 Å². The maximum Gasteiger partial charge on any atom is 0.337 e. The molecule has 1 saturated heterocycles. The Morgan fingerprint density at radius 2 is 2.03 bits per heavy atom. The predicted octanol–water partition coefficient (Wildman–Crippen LogP) is 2.59. The Hall–Kier alpha value is -2.33. The van der Waals surface area contributed by atoms with Crippen molar-refractivity contribution in [1.29, 1.82) is 0 Å². The summed E-state index contributed by atoms with van der Waals surface area (Å²) in [6.45, 7) is 4.95. The molecule has 1 heterocycles. The largest absolute Gasteiger partial charge is 0.465 e. The fraction of sp³-hybridized carbons (Fsp3) is 0.409. The molecule has 9 heteroatoms. The first-order valence-corrected chi connectivity index (χ1v) is 11.3. The van der Waals surface area contributed by atoms with Gasteiger partial charge >= 0.3 is 5.97 Å². The molecule has 1 atom stereocenters. The summed E-state index contributed by atoms with van der Waals surface area (Å²) in [4.78, 5) is 13.8. The zero-order valence-corrected chi connectivity index (χ0v) is 18.4. The van der Waals surface area contributed by atoms with Gasteiger partial charge in [-0.05, 0) is 48.2 Å². The molecule has 0 saturated carbocycles. The number of ether oxygens (including phenoxy) is 1. The number of benzene rings is 2. The second-order valence-corrected chi connectivity index (χ2v) is 8.33. The summed E-state index contributed by atoms with van der Waals surface area (Å²) in [7, 11) is 1.25. The highest BCUT2D eigenvalue weighted by molar-refractivity contribution is 7.80. The highest BCUT2D eigenvalue weighted by atomic mass is 32.2. The average Bonchev–Trinajstić information content (AvgIpc) is 2.77. The summed E-state index contributed by atoms with van der Waals surface area (Å²) in [5, 5.41) is 3.32. The number of carbonyl (C=O) groups is 1. The lowest BCUT2D eigenvalue weighted by molar-refractivity contribution is 0.0600. The van der Waals surface area contributed by atoms with Crippen molar-refractivity contribution in [2.75, 3.05) is 44.1 Å². The second-order valence-electron chi connectivity index (χ2n) is 7.43. The number of methoxy groups -OCH3 is 1. The number of rotatable bonds is 9. The van der Waals surface area contributed by atoms with Crippen molar-refractivity contribution in [2.45, 2.75) is 19.4 Å². The van der Waals surface area contributed by atoms with Crippen LogP contribution in [0.3, 0.4) is 0 Å². The van der Waals surface area contributed by atoms with Crippen LogP contribution in [-0.2, 0) is 29.0 Å². The molecular weight excluding hydrogens is 421 g/mol. The number of nitrogens with one attached hydrogen (secondary N) is 1. The van der Waals surface area contributed by atoms with Gasteiger partial charge in [0, 0.05) is 39.3 Å². The Kier molecular flexibility index (Phi) is 8.53. The molecule has 1 aliphatic rings. The Morgan fingerprint density at radius 1 is 1.26 bits per heavy atom. The Morgan fingerprint density at radius 3 is 2.71 bits per heavy atom. The van der Waals surface area contributed by atoms with Crippen LogP contribution < -0.4 is 9.62 Å². The molecule has 0 spiro atoms. The molecule has 31 heavy (non-hydrogen) atoms. The predicted molar refractivity (Wildman–Crippen MR) is 119 cm³/mol. The van der Waals surface area contributed by atoms with Crippen molar-refractivity contribution < 1.29 is 22.7 Å². The first kappa shape index (κ1) is 23.3. The Balaban J connectivity index is 1.62. The van der Waals surface area contributed by atoms with E-state index in [1.165, 1.54) is 17.5 Å². The van der Waals surface area contributed by atoms with Crippen LogP contribution >= 0.6 is 0 Å². The van der Waals surface area contributed by atoms with E-state index in [0.717, 1.165) is 44.4 Å². The number of carbonyl (C=O) groups excluding carboxylic acids is 1. The van der Waals surface area contributed by atoms with Gasteiger partial charge in [0.1, 0.15) is 5.82 Å². The average molecular weight is 450 g/mol. The number of aryl methyl sites for hydroxylation is 1. The highest BCUT2D eigenvalue weighted by Crippen LogP contribution is 2.20. The van der Waals surface area contributed by atoms with Crippen molar-refractivity contribution in [2.24, 2.45) is 0 Å². The first-order chi connectivity index (χ1) is 15.0. The standard InChI is InChI=1S/C22H28FN3O4S/c1-30-22(27)19-8-7-18(21(23)15-19)5-3-11-26(31(28)29)20-6-2-4-17(14-20)16-25-12-9-24-10-13-25/h2,4,6-8,14-15,24H,3,5,9-13,16H2,1H3,(H,28,29). The van der Waals surface area contributed by atoms with Crippen LogP contribution in [-0.4, -0.2) is 59.5 Å². The smallest absolute Gasteiger partial charge is 0.337 e. The number of hydrogen-bond acceptors (Lipinski definition) is 5. The van der Waals surface area contributed by atoms with Crippen molar-refractivity contribution in [3.05, 3.63) is 65.0 Å². The zero-order valence-electron chi connectivity index (χ0n) is 17.6. The zero-order chi connectivity index (χ0) is 22.2. The molecule has 2 aromatic carbocycles. The van der Waals surface area contributed by atoms with E-state index in [2.05, 4.69) is 15.0 Å². The van der Waals surface area contributed by atoms with E-state index in [1.807, 2.05) is 18.2 Å². The highest BCUT2D eigenvalue weighted by Gasteiger charge is 2.16. The van der Waals surface area contributed by atoms with Crippen molar-refractivity contribution in [1.82, 2.24) is 10.2 Å². The molecule has 1 unspecified atom stereocenters. The van der Waals surface area contributed by atoms with Crippen molar-refractivity contribution >= 4 is 22.9 Å². The molecule has 0 radical (unpaired) electrons. The normalized spacial score (nSPS) is 15.5. The molecule has 2 aromatic rings. The topological polar surface area (TPSA) is 82.1 Å². The van der Waals surface area contributed by atoms with E-state index < -0.39 is 23.1 Å². The van der Waals surface area contributed by atoms with E-state index >= 15 is 0 Å². The van der Waals surface area contributed by atoms with Crippen LogP contribution in [0.5, 0.6) is 0 Å². The van der Waals surface area contributed by atoms with Gasteiger partial charge in [0.15, 0.2) is 0 Å². The van der Waals surface area contributed by atoms with Crippen molar-refractivity contribution in [3.8, 4) is 0 Å². The monoisotopic (exact) mass is 449 g/mol. The SMILES string of the molecule is COC(=O)c1ccc(CCCN(c2cccc(CN3CCNCC3)c2)S(=O)O)c(F)c1. The van der Waals surface area contributed by atoms with Gasteiger partial charge in [-0.1, -0.05) is 18.2 Å². The summed E-state index contributed by atoms with van der Waals surface area (Å²) in [5.41, 5.74) is 2.35. The summed E-state index contributed by atoms with van der Waals surface area (Å²) < 4.78 is 42.1. The van der Waals surface area contributed by atoms with Crippen LogP contribution in [0.2, 0.25) is 0 Å². The molecule has 7 nitrogen and oxygen atoms in total. The van der Waals surface area contributed by atoms with E-state index in [9.17, 15) is 17.9 Å². The molecule has 1 aliphatic heterocycles. The number of esters is 1. The number of piperazine rings is 1. The van der Waals surface area contributed by atoms with Gasteiger partial charge in [0.2, 0.25) is 0 Å². The third-order valence-electron chi connectivity index (χ3n) is 5.28. The molecular formula is C22H28FN3O4S. The maximum absolute atomic E-state index is 14.3. The second kappa shape index (κ2) is 11.3. The van der Waals surface area contributed by atoms with Crippen LogP contribution in [0.25, 0.3) is 0 Å². The third-order valence-corrected chi connectivity index (χ3v) is 6.05. The summed E-state index contributed by atoms with van der Waals surface area (Å²) in [6, 6.07) is 11.9. The third kappa shape index (κ3) is 6.57.